The summed E-state index contributed by atoms with van der Waals surface area (Å²) in [7, 11) is 0. The molecule has 24 heavy (non-hydrogen) atoms. The minimum absolute atomic E-state index is 0.159. The maximum atomic E-state index is 11.5. The standard InChI is InChI=1S/C19H29NO4/c1-4-23-18(21)8-6-14-20(15-7-9-19(22)24-5-2)17-12-10-16(3)11-13-17/h10-13H,4-9,14-15H2,1-3H3. The molecular formula is C19H29NO4. The minimum atomic E-state index is -0.159. The zero-order chi connectivity index (χ0) is 17.8. The highest BCUT2D eigenvalue weighted by molar-refractivity contribution is 5.69. The van der Waals surface area contributed by atoms with Gasteiger partial charge in [0.2, 0.25) is 0 Å². The normalized spacial score (nSPS) is 10.3. The van der Waals surface area contributed by atoms with E-state index in [4.69, 9.17) is 9.47 Å². The van der Waals surface area contributed by atoms with Crippen LogP contribution < -0.4 is 4.90 Å². The lowest BCUT2D eigenvalue weighted by atomic mass is 10.2. The van der Waals surface area contributed by atoms with E-state index >= 15 is 0 Å². The van der Waals surface area contributed by atoms with Gasteiger partial charge in [-0.3, -0.25) is 9.59 Å². The van der Waals surface area contributed by atoms with Gasteiger partial charge < -0.3 is 14.4 Å². The summed E-state index contributed by atoms with van der Waals surface area (Å²) in [4.78, 5) is 25.2. The number of aryl methyl sites for hydroxylation is 1. The molecule has 0 aromatic heterocycles. The van der Waals surface area contributed by atoms with Crippen molar-refractivity contribution in [2.24, 2.45) is 0 Å². The molecule has 134 valence electrons. The molecule has 5 nitrogen and oxygen atoms in total. The monoisotopic (exact) mass is 335 g/mol. The van der Waals surface area contributed by atoms with Crippen molar-refractivity contribution in [1.82, 2.24) is 0 Å². The Hall–Kier alpha value is -2.04. The SMILES string of the molecule is CCOC(=O)CCCN(CCCC(=O)OCC)c1ccc(C)cc1. The fraction of sp³-hybridized carbons (Fsp3) is 0.579. The third kappa shape index (κ3) is 7.99. The van der Waals surface area contributed by atoms with Gasteiger partial charge >= 0.3 is 11.9 Å². The van der Waals surface area contributed by atoms with E-state index in [0.717, 1.165) is 31.6 Å². The van der Waals surface area contributed by atoms with Gasteiger partial charge in [-0.05, 0) is 45.7 Å². The van der Waals surface area contributed by atoms with Gasteiger partial charge in [-0.2, -0.15) is 0 Å². The van der Waals surface area contributed by atoms with Crippen molar-refractivity contribution in [1.29, 1.82) is 0 Å². The summed E-state index contributed by atoms with van der Waals surface area (Å²) in [6.07, 6.45) is 2.28. The van der Waals surface area contributed by atoms with Crippen molar-refractivity contribution < 1.29 is 19.1 Å². The van der Waals surface area contributed by atoms with E-state index in [1.807, 2.05) is 13.8 Å². The van der Waals surface area contributed by atoms with Crippen LogP contribution in [0.2, 0.25) is 0 Å². The number of hydrogen-bond donors (Lipinski definition) is 0. The number of nitrogens with zero attached hydrogens (tertiary/aromatic N) is 1. The molecule has 0 radical (unpaired) electrons. The Morgan fingerprint density at radius 1 is 0.875 bits per heavy atom. The highest BCUT2D eigenvalue weighted by atomic mass is 16.5. The maximum Gasteiger partial charge on any atom is 0.305 e. The van der Waals surface area contributed by atoms with E-state index in [9.17, 15) is 9.59 Å². The molecule has 0 aliphatic heterocycles. The predicted molar refractivity (Wildman–Crippen MR) is 95.1 cm³/mol. The number of ether oxygens (including phenoxy) is 2. The fourth-order valence-electron chi connectivity index (χ4n) is 2.42. The average molecular weight is 335 g/mol. The zero-order valence-electron chi connectivity index (χ0n) is 15.0. The minimum Gasteiger partial charge on any atom is -0.466 e. The van der Waals surface area contributed by atoms with E-state index in [0.29, 0.717) is 26.1 Å². The Bertz CT molecular complexity index is 475. The summed E-state index contributed by atoms with van der Waals surface area (Å²) in [6.45, 7) is 8.02. The molecule has 1 aromatic carbocycles. The van der Waals surface area contributed by atoms with E-state index in [1.54, 1.807) is 0 Å². The maximum absolute atomic E-state index is 11.5. The smallest absolute Gasteiger partial charge is 0.305 e. The largest absolute Gasteiger partial charge is 0.466 e. The quantitative estimate of drug-likeness (QED) is 0.579. The molecule has 0 aliphatic rings. The molecule has 0 fully saturated rings. The first-order valence-electron chi connectivity index (χ1n) is 8.69. The summed E-state index contributed by atoms with van der Waals surface area (Å²) in [5.41, 5.74) is 2.31. The Balaban J connectivity index is 2.54. The highest BCUT2D eigenvalue weighted by Gasteiger charge is 2.10. The van der Waals surface area contributed by atoms with E-state index in [2.05, 4.69) is 36.1 Å². The molecule has 0 amide bonds. The van der Waals surface area contributed by atoms with Crippen molar-refractivity contribution in [2.45, 2.75) is 46.5 Å². The number of benzene rings is 1. The Morgan fingerprint density at radius 2 is 1.33 bits per heavy atom. The molecule has 0 spiro atoms. The molecular weight excluding hydrogens is 306 g/mol. The van der Waals surface area contributed by atoms with Crippen LogP contribution >= 0.6 is 0 Å². The van der Waals surface area contributed by atoms with Crippen LogP contribution in [0.25, 0.3) is 0 Å². The van der Waals surface area contributed by atoms with Crippen LogP contribution in [0.1, 0.15) is 45.1 Å². The average Bonchev–Trinajstić information content (AvgIpc) is 2.55. The van der Waals surface area contributed by atoms with Gasteiger partial charge in [-0.25, -0.2) is 0 Å². The van der Waals surface area contributed by atoms with Crippen LogP contribution in [-0.2, 0) is 19.1 Å². The second kappa shape index (κ2) is 11.5. The number of carbonyl (C=O) groups excluding carboxylic acids is 2. The number of rotatable bonds is 11. The van der Waals surface area contributed by atoms with Crippen LogP contribution in [0.5, 0.6) is 0 Å². The van der Waals surface area contributed by atoms with Crippen LogP contribution in [-0.4, -0.2) is 38.2 Å². The Morgan fingerprint density at radius 3 is 1.75 bits per heavy atom. The Kier molecular flexibility index (Phi) is 9.58. The first-order chi connectivity index (χ1) is 11.6. The van der Waals surface area contributed by atoms with E-state index in [1.165, 1.54) is 5.56 Å². The molecule has 0 saturated heterocycles. The fourth-order valence-corrected chi connectivity index (χ4v) is 2.42. The molecule has 0 bridgehead atoms. The van der Waals surface area contributed by atoms with Gasteiger partial charge in [0.1, 0.15) is 0 Å². The molecule has 0 heterocycles. The molecule has 0 N–H and O–H groups in total. The molecule has 0 saturated carbocycles. The Labute approximate surface area is 144 Å². The summed E-state index contributed by atoms with van der Waals surface area (Å²) in [6, 6.07) is 8.28. The summed E-state index contributed by atoms with van der Waals surface area (Å²) in [5, 5.41) is 0. The second-order valence-electron chi connectivity index (χ2n) is 5.64. The molecule has 0 unspecified atom stereocenters. The summed E-state index contributed by atoms with van der Waals surface area (Å²) < 4.78 is 9.93. The number of carbonyl (C=O) groups is 2. The molecule has 0 atom stereocenters. The van der Waals surface area contributed by atoms with Crippen molar-refractivity contribution in [3.8, 4) is 0 Å². The highest BCUT2D eigenvalue weighted by Crippen LogP contribution is 2.17. The van der Waals surface area contributed by atoms with Crippen molar-refractivity contribution >= 4 is 17.6 Å². The lowest BCUT2D eigenvalue weighted by molar-refractivity contribution is -0.144. The zero-order valence-corrected chi connectivity index (χ0v) is 15.0. The number of hydrogen-bond acceptors (Lipinski definition) is 5. The van der Waals surface area contributed by atoms with Gasteiger partial charge in [-0.1, -0.05) is 17.7 Å². The molecule has 5 heteroatoms. The second-order valence-corrected chi connectivity index (χ2v) is 5.64. The lowest BCUT2D eigenvalue weighted by Crippen LogP contribution is -2.27. The third-order valence-electron chi connectivity index (χ3n) is 3.63. The van der Waals surface area contributed by atoms with Gasteiger partial charge in [-0.15, -0.1) is 0 Å². The number of anilines is 1. The van der Waals surface area contributed by atoms with Gasteiger partial charge in [0.15, 0.2) is 0 Å². The number of esters is 2. The predicted octanol–water partition coefficient (Wildman–Crippen LogP) is 3.49. The van der Waals surface area contributed by atoms with Crippen molar-refractivity contribution in [3.63, 3.8) is 0 Å². The first-order valence-corrected chi connectivity index (χ1v) is 8.69. The van der Waals surface area contributed by atoms with Gasteiger partial charge in [0.25, 0.3) is 0 Å². The van der Waals surface area contributed by atoms with Gasteiger partial charge in [0.05, 0.1) is 13.2 Å². The van der Waals surface area contributed by atoms with Crippen LogP contribution in [0, 0.1) is 6.92 Å². The van der Waals surface area contributed by atoms with E-state index < -0.39 is 0 Å². The van der Waals surface area contributed by atoms with Crippen LogP contribution in [0.4, 0.5) is 5.69 Å². The third-order valence-corrected chi connectivity index (χ3v) is 3.63. The van der Waals surface area contributed by atoms with Gasteiger partial charge in [0, 0.05) is 31.6 Å². The van der Waals surface area contributed by atoms with Crippen molar-refractivity contribution in [3.05, 3.63) is 29.8 Å². The van der Waals surface area contributed by atoms with E-state index in [-0.39, 0.29) is 11.9 Å². The van der Waals surface area contributed by atoms with Crippen LogP contribution in [0.3, 0.4) is 0 Å². The summed E-state index contributed by atoms with van der Waals surface area (Å²) in [5.74, 6) is -0.319. The lowest BCUT2D eigenvalue weighted by Gasteiger charge is -2.25. The molecule has 1 aromatic rings. The molecule has 1 rings (SSSR count). The van der Waals surface area contributed by atoms with Crippen LogP contribution in [0.15, 0.2) is 24.3 Å². The molecule has 0 aliphatic carbocycles. The topological polar surface area (TPSA) is 55.8 Å². The summed E-state index contributed by atoms with van der Waals surface area (Å²) >= 11 is 0. The first kappa shape index (κ1) is 20.0. The van der Waals surface area contributed by atoms with Crippen molar-refractivity contribution in [2.75, 3.05) is 31.2 Å².